The average Bonchev–Trinajstić information content (AvgIpc) is 3.08. The molecular weight excluding hydrogens is 553 g/mol. The highest BCUT2D eigenvalue weighted by atomic mass is 16.5. The Hall–Kier alpha value is -4.78. The molecule has 0 fully saturated rings. The predicted octanol–water partition coefficient (Wildman–Crippen LogP) is 7.33. The molecular formula is C39H37BN3O2. The van der Waals surface area contributed by atoms with Gasteiger partial charge in [0.15, 0.2) is 6.17 Å². The van der Waals surface area contributed by atoms with Crippen LogP contribution in [0.5, 0.6) is 0 Å². The van der Waals surface area contributed by atoms with E-state index in [1.807, 2.05) is 50.2 Å². The molecule has 0 saturated carbocycles. The highest BCUT2D eigenvalue weighted by molar-refractivity contribution is 6.47. The minimum Gasteiger partial charge on any atom is -0.427 e. The molecule has 1 atom stereocenters. The van der Waals surface area contributed by atoms with Gasteiger partial charge in [0, 0.05) is 11.1 Å². The van der Waals surface area contributed by atoms with Gasteiger partial charge in [-0.15, -0.1) is 0 Å². The molecule has 2 N–H and O–H groups in total. The largest absolute Gasteiger partial charge is 0.427 e. The van der Waals surface area contributed by atoms with E-state index < -0.39 is 17.4 Å². The van der Waals surface area contributed by atoms with Gasteiger partial charge in [-0.1, -0.05) is 127 Å². The minimum absolute atomic E-state index is 0.428. The number of rotatable bonds is 9. The van der Waals surface area contributed by atoms with Crippen LogP contribution < -0.4 is 10.8 Å². The Morgan fingerprint density at radius 1 is 0.578 bits per heavy atom. The van der Waals surface area contributed by atoms with Crippen LogP contribution in [0, 0.1) is 0 Å². The van der Waals surface area contributed by atoms with Crippen LogP contribution in [0.15, 0.2) is 143 Å². The molecule has 0 bridgehead atoms. The maximum atomic E-state index is 10.5. The van der Waals surface area contributed by atoms with Crippen molar-refractivity contribution in [1.29, 1.82) is 0 Å². The van der Waals surface area contributed by atoms with Crippen molar-refractivity contribution in [1.82, 2.24) is 5.32 Å². The first-order chi connectivity index (χ1) is 21.7. The lowest BCUT2D eigenvalue weighted by Gasteiger charge is -2.37. The highest BCUT2D eigenvalue weighted by Gasteiger charge is 2.35. The predicted molar refractivity (Wildman–Crippen MR) is 186 cm³/mol. The number of benzene rings is 5. The van der Waals surface area contributed by atoms with Crippen molar-refractivity contribution in [2.75, 3.05) is 0 Å². The van der Waals surface area contributed by atoms with Crippen LogP contribution in [0.25, 0.3) is 22.3 Å². The first-order valence-corrected chi connectivity index (χ1v) is 15.2. The van der Waals surface area contributed by atoms with E-state index in [4.69, 9.17) is 14.6 Å². The molecule has 0 saturated heterocycles. The average molecular weight is 591 g/mol. The van der Waals surface area contributed by atoms with E-state index >= 15 is 0 Å². The molecule has 1 heterocycles. The van der Waals surface area contributed by atoms with E-state index in [0.29, 0.717) is 0 Å². The number of aliphatic imine (C=N–C) groups is 2. The summed E-state index contributed by atoms with van der Waals surface area (Å²) in [6.45, 7) is 7.24. The van der Waals surface area contributed by atoms with Crippen LogP contribution >= 0.6 is 0 Å². The molecule has 5 aromatic carbocycles. The Morgan fingerprint density at radius 2 is 1.09 bits per heavy atom. The molecule has 1 aliphatic heterocycles. The first kappa shape index (κ1) is 30.3. The second-order valence-corrected chi connectivity index (χ2v) is 12.3. The molecule has 1 radical (unpaired) electrons. The zero-order chi connectivity index (χ0) is 31.4. The van der Waals surface area contributed by atoms with Gasteiger partial charge < -0.3 is 15.1 Å². The van der Waals surface area contributed by atoms with Gasteiger partial charge in [-0.2, -0.15) is 0 Å². The van der Waals surface area contributed by atoms with E-state index in [2.05, 4.69) is 102 Å². The molecule has 45 heavy (non-hydrogen) atoms. The van der Waals surface area contributed by atoms with Gasteiger partial charge in [0.05, 0.1) is 11.2 Å². The van der Waals surface area contributed by atoms with Crippen molar-refractivity contribution in [3.05, 3.63) is 150 Å². The second-order valence-electron chi connectivity index (χ2n) is 12.3. The first-order valence-electron chi connectivity index (χ1n) is 15.2. The summed E-state index contributed by atoms with van der Waals surface area (Å²) in [4.78, 5) is 10.2. The third-order valence-corrected chi connectivity index (χ3v) is 8.42. The van der Waals surface area contributed by atoms with Gasteiger partial charge in [0.2, 0.25) is 0 Å². The normalized spacial score (nSPS) is 15.1. The molecule has 5 aromatic rings. The summed E-state index contributed by atoms with van der Waals surface area (Å²) in [5.41, 5.74) is 6.64. The van der Waals surface area contributed by atoms with E-state index in [0.717, 1.165) is 56.1 Å². The quantitative estimate of drug-likeness (QED) is 0.177. The molecule has 1 unspecified atom stereocenters. The minimum atomic E-state index is -0.995. The van der Waals surface area contributed by atoms with Crippen LogP contribution in [0.4, 0.5) is 0 Å². The molecule has 6 rings (SSSR count). The van der Waals surface area contributed by atoms with Gasteiger partial charge in [0.25, 0.3) is 0 Å². The summed E-state index contributed by atoms with van der Waals surface area (Å²) < 4.78 is 5.97. The Labute approximate surface area is 266 Å². The Morgan fingerprint density at radius 3 is 1.69 bits per heavy atom. The fourth-order valence-corrected chi connectivity index (χ4v) is 4.96. The fraction of sp³-hybridized carbons (Fsp3) is 0.179. The maximum Gasteiger partial charge on any atom is 0.330 e. The third-order valence-electron chi connectivity index (χ3n) is 8.42. The lowest BCUT2D eigenvalue weighted by atomic mass is 9.82. The summed E-state index contributed by atoms with van der Waals surface area (Å²) in [5, 5.41) is 14.0. The van der Waals surface area contributed by atoms with Crippen molar-refractivity contribution in [3.63, 3.8) is 0 Å². The Kier molecular flexibility index (Phi) is 8.53. The lowest BCUT2D eigenvalue weighted by Crippen LogP contribution is -2.49. The number of nitrogens with zero attached hydrogens (tertiary/aromatic N) is 2. The highest BCUT2D eigenvalue weighted by Crippen LogP contribution is 2.29. The molecule has 223 valence electrons. The number of nitrogens with one attached hydrogen (secondary N) is 1. The third kappa shape index (κ3) is 6.98. The number of hydrogen-bond acceptors (Lipinski definition) is 5. The van der Waals surface area contributed by atoms with Gasteiger partial charge in [0.1, 0.15) is 11.7 Å². The lowest BCUT2D eigenvalue weighted by molar-refractivity contribution is -0.0893. The zero-order valence-corrected chi connectivity index (χ0v) is 26.1. The van der Waals surface area contributed by atoms with Gasteiger partial charge in [-0.3, -0.25) is 0 Å². The summed E-state index contributed by atoms with van der Waals surface area (Å²) in [6, 6.07) is 45.7. The van der Waals surface area contributed by atoms with E-state index in [9.17, 15) is 5.11 Å². The molecule has 1 aliphatic rings. The van der Waals surface area contributed by atoms with E-state index in [1.54, 1.807) is 21.3 Å². The molecule has 0 aromatic heterocycles. The molecule has 6 heteroatoms. The summed E-state index contributed by atoms with van der Waals surface area (Å²) in [6.07, 6.45) is -0.428. The van der Waals surface area contributed by atoms with E-state index in [-0.39, 0.29) is 0 Å². The van der Waals surface area contributed by atoms with E-state index in [1.165, 1.54) is 0 Å². The number of aliphatic hydroxyl groups is 1. The van der Waals surface area contributed by atoms with Crippen molar-refractivity contribution in [3.8, 4) is 22.3 Å². The fourth-order valence-electron chi connectivity index (χ4n) is 4.96. The monoisotopic (exact) mass is 590 g/mol. The second kappa shape index (κ2) is 12.7. The van der Waals surface area contributed by atoms with Crippen molar-refractivity contribution in [2.24, 2.45) is 9.98 Å². The van der Waals surface area contributed by atoms with Crippen molar-refractivity contribution in [2.45, 2.75) is 45.1 Å². The Bertz CT molecular complexity index is 1830. The summed E-state index contributed by atoms with van der Waals surface area (Å²) in [5.74, 6) is 1.50. The Balaban J connectivity index is 1.34. The zero-order valence-electron chi connectivity index (χ0n) is 26.1. The number of hydrogen-bond donors (Lipinski definition) is 2. The van der Waals surface area contributed by atoms with Crippen molar-refractivity contribution < 1.29 is 9.76 Å². The SMILES string of the molecule is CC(C)(O)C(C)(C)O[B]c1ccc(C2=NC(c3cccc(-c4ccccc4)c3)N=C(c3cccc(-c4ccccc4)c3)N2)cc1. The smallest absolute Gasteiger partial charge is 0.330 e. The molecule has 0 spiro atoms. The van der Waals surface area contributed by atoms with Gasteiger partial charge >= 0.3 is 7.48 Å². The topological polar surface area (TPSA) is 66.2 Å². The van der Waals surface area contributed by atoms with Crippen LogP contribution in [-0.2, 0) is 4.65 Å². The van der Waals surface area contributed by atoms with Crippen molar-refractivity contribution >= 4 is 24.6 Å². The van der Waals surface area contributed by atoms with Crippen LogP contribution in [0.2, 0.25) is 0 Å². The summed E-state index contributed by atoms with van der Waals surface area (Å²) >= 11 is 0. The van der Waals surface area contributed by atoms with Gasteiger partial charge in [-0.05, 0) is 67.6 Å². The van der Waals surface area contributed by atoms with Crippen LogP contribution in [0.3, 0.4) is 0 Å². The standard InChI is InChI=1S/C39H37BN3O2/c1-38(2,44)39(3,4)45-40-34-23-21-29(22-24-34)35-41-36(32-19-11-17-30(25-32)27-13-7-5-8-14-27)43-37(42-35)33-20-12-18-31(26-33)28-15-9-6-10-16-28/h5-26,36,44H,1-4H3,(H,41,42,43). The van der Waals surface area contributed by atoms with Gasteiger partial charge in [-0.25, -0.2) is 9.98 Å². The number of amidine groups is 2. The molecule has 5 nitrogen and oxygen atoms in total. The summed E-state index contributed by atoms with van der Waals surface area (Å²) in [7, 11) is 1.69. The molecule has 0 aliphatic carbocycles. The molecule has 0 amide bonds. The van der Waals surface area contributed by atoms with Crippen LogP contribution in [-0.4, -0.2) is 35.5 Å². The maximum absolute atomic E-state index is 10.5. The van der Waals surface area contributed by atoms with Crippen LogP contribution in [0.1, 0.15) is 50.6 Å².